The number of furan rings is 1. The van der Waals surface area contributed by atoms with Gasteiger partial charge in [0.25, 0.3) is 0 Å². The van der Waals surface area contributed by atoms with Crippen LogP contribution in [0.4, 0.5) is 34.1 Å². The molecule has 0 radical (unpaired) electrons. The summed E-state index contributed by atoms with van der Waals surface area (Å²) in [6.07, 6.45) is 0. The number of anilines is 6. The van der Waals surface area contributed by atoms with Gasteiger partial charge in [-0.3, -0.25) is 0 Å². The van der Waals surface area contributed by atoms with Gasteiger partial charge in [0, 0.05) is 44.9 Å². The van der Waals surface area contributed by atoms with Crippen LogP contribution < -0.4 is 9.80 Å². The van der Waals surface area contributed by atoms with E-state index in [1.54, 1.807) is 0 Å². The molecule has 258 valence electrons. The quantitative estimate of drug-likeness (QED) is 0.174. The number of aryl methyl sites for hydroxylation is 4. The van der Waals surface area contributed by atoms with Gasteiger partial charge < -0.3 is 14.2 Å². The second kappa shape index (κ2) is 12.7. The molecule has 0 amide bonds. The zero-order valence-electron chi connectivity index (χ0n) is 31.2. The van der Waals surface area contributed by atoms with Crippen molar-refractivity contribution in [1.82, 2.24) is 0 Å². The first-order valence-corrected chi connectivity index (χ1v) is 18.4. The predicted octanol–water partition coefficient (Wildman–Crippen LogP) is 14.7. The average molecular weight is 687 g/mol. The fourth-order valence-electron chi connectivity index (χ4n) is 7.85. The van der Waals surface area contributed by atoms with Gasteiger partial charge in [0.05, 0.1) is 0 Å². The fourth-order valence-corrected chi connectivity index (χ4v) is 7.85. The molecule has 0 saturated carbocycles. The molecule has 0 unspecified atom stereocenters. The van der Waals surface area contributed by atoms with E-state index in [0.29, 0.717) is 0 Å². The minimum Gasteiger partial charge on any atom is -0.456 e. The van der Waals surface area contributed by atoms with Crippen LogP contribution in [-0.2, 0) is 0 Å². The molecule has 0 aliphatic carbocycles. The van der Waals surface area contributed by atoms with Gasteiger partial charge in [-0.2, -0.15) is 0 Å². The van der Waals surface area contributed by atoms with Crippen molar-refractivity contribution in [2.45, 2.75) is 41.5 Å². The standard InChI is InChI=1S/C50H42N2O/c1-31-21-45(22-32(2)35(31)5)51(41-13-9-7-10-14-41)43-19-17-37-27-47-48-28-38-18-20-44(26-40(38)30-50(48)53-49(47)29-39(37)25-43)52(42-15-11-8-12-16-42)46-23-33(3)36(6)34(4)24-46/h7-30H,1-6H3. The summed E-state index contributed by atoms with van der Waals surface area (Å²) in [5.41, 5.74) is 16.4. The smallest absolute Gasteiger partial charge is 0.136 e. The number of hydrogen-bond acceptors (Lipinski definition) is 3. The maximum Gasteiger partial charge on any atom is 0.136 e. The SMILES string of the molecule is Cc1cc(N(c2ccccc2)c2ccc3cc4c(cc3c2)oc2cc3cc(N(c5ccccc5)c5cc(C)c(C)c(C)c5)ccc3cc24)cc(C)c1C. The summed E-state index contributed by atoms with van der Waals surface area (Å²) in [4.78, 5) is 4.70. The van der Waals surface area contributed by atoms with Crippen molar-refractivity contribution in [1.29, 1.82) is 0 Å². The van der Waals surface area contributed by atoms with Crippen LogP contribution in [0.15, 0.2) is 150 Å². The Morgan fingerprint density at radius 2 is 0.698 bits per heavy atom. The van der Waals surface area contributed by atoms with Crippen LogP contribution in [-0.4, -0.2) is 0 Å². The third-order valence-corrected chi connectivity index (χ3v) is 11.2. The average Bonchev–Trinajstić information content (AvgIpc) is 3.50. The van der Waals surface area contributed by atoms with E-state index in [-0.39, 0.29) is 0 Å². The Bertz CT molecular complexity index is 2610. The summed E-state index contributed by atoms with van der Waals surface area (Å²) in [5, 5.41) is 6.92. The van der Waals surface area contributed by atoms with Crippen molar-refractivity contribution in [3.8, 4) is 0 Å². The summed E-state index contributed by atoms with van der Waals surface area (Å²) in [5.74, 6) is 0. The third kappa shape index (κ3) is 5.70. The summed E-state index contributed by atoms with van der Waals surface area (Å²) < 4.78 is 6.67. The molecular weight excluding hydrogens is 645 g/mol. The minimum absolute atomic E-state index is 0.894. The number of benzene rings is 8. The Labute approximate surface area is 311 Å². The molecule has 1 aromatic heterocycles. The van der Waals surface area contributed by atoms with Crippen molar-refractivity contribution < 1.29 is 4.42 Å². The molecule has 53 heavy (non-hydrogen) atoms. The molecule has 1 heterocycles. The van der Waals surface area contributed by atoms with E-state index in [4.69, 9.17) is 4.42 Å². The van der Waals surface area contributed by atoms with Crippen LogP contribution in [0.25, 0.3) is 43.5 Å². The molecule has 9 rings (SSSR count). The molecule has 0 aliphatic heterocycles. The van der Waals surface area contributed by atoms with Gasteiger partial charge in [-0.05, 0) is 194 Å². The first kappa shape index (κ1) is 32.6. The first-order chi connectivity index (χ1) is 25.7. The Kier molecular flexibility index (Phi) is 7.82. The molecule has 8 aromatic carbocycles. The highest BCUT2D eigenvalue weighted by atomic mass is 16.3. The third-order valence-electron chi connectivity index (χ3n) is 11.2. The molecule has 0 bridgehead atoms. The molecule has 0 aliphatic rings. The maximum atomic E-state index is 6.67. The lowest BCUT2D eigenvalue weighted by Gasteiger charge is -2.27. The number of rotatable bonds is 6. The Balaban J connectivity index is 1.16. The summed E-state index contributed by atoms with van der Waals surface area (Å²) in [6.45, 7) is 13.2. The molecule has 0 spiro atoms. The van der Waals surface area contributed by atoms with Crippen molar-refractivity contribution in [3.63, 3.8) is 0 Å². The van der Waals surface area contributed by atoms with Crippen molar-refractivity contribution in [2.75, 3.05) is 9.80 Å². The van der Waals surface area contributed by atoms with Crippen LogP contribution >= 0.6 is 0 Å². The van der Waals surface area contributed by atoms with Crippen LogP contribution in [0, 0.1) is 41.5 Å². The lowest BCUT2D eigenvalue weighted by Crippen LogP contribution is -2.10. The van der Waals surface area contributed by atoms with E-state index in [9.17, 15) is 0 Å². The van der Waals surface area contributed by atoms with E-state index >= 15 is 0 Å². The fraction of sp³-hybridized carbons (Fsp3) is 0.120. The van der Waals surface area contributed by atoms with Gasteiger partial charge in [0.15, 0.2) is 0 Å². The van der Waals surface area contributed by atoms with Gasteiger partial charge in [-0.1, -0.05) is 48.5 Å². The second-order valence-electron chi connectivity index (χ2n) is 14.6. The zero-order chi connectivity index (χ0) is 36.4. The van der Waals surface area contributed by atoms with Gasteiger partial charge in [0.1, 0.15) is 11.2 Å². The van der Waals surface area contributed by atoms with E-state index in [2.05, 4.69) is 197 Å². The number of hydrogen-bond donors (Lipinski definition) is 0. The van der Waals surface area contributed by atoms with Crippen molar-refractivity contribution in [2.24, 2.45) is 0 Å². The molecule has 0 saturated heterocycles. The summed E-state index contributed by atoms with van der Waals surface area (Å²) in [7, 11) is 0. The van der Waals surface area contributed by atoms with Crippen molar-refractivity contribution >= 4 is 77.6 Å². The van der Waals surface area contributed by atoms with E-state index in [1.807, 2.05) is 0 Å². The highest BCUT2D eigenvalue weighted by molar-refractivity contribution is 6.14. The largest absolute Gasteiger partial charge is 0.456 e. The topological polar surface area (TPSA) is 19.6 Å². The molecule has 0 atom stereocenters. The number of fused-ring (bicyclic) bond motifs is 5. The van der Waals surface area contributed by atoms with E-state index in [0.717, 1.165) is 66.8 Å². The van der Waals surface area contributed by atoms with Crippen LogP contribution in [0.5, 0.6) is 0 Å². The Hall–Kier alpha value is -6.32. The molecule has 0 fully saturated rings. The molecule has 9 aromatic rings. The van der Waals surface area contributed by atoms with Crippen LogP contribution in [0.3, 0.4) is 0 Å². The molecular formula is C50H42N2O. The summed E-state index contributed by atoms with van der Waals surface area (Å²) in [6, 6.07) is 52.9. The van der Waals surface area contributed by atoms with E-state index < -0.39 is 0 Å². The molecule has 3 nitrogen and oxygen atoms in total. The highest BCUT2D eigenvalue weighted by Gasteiger charge is 2.18. The predicted molar refractivity (Wildman–Crippen MR) is 227 cm³/mol. The lowest BCUT2D eigenvalue weighted by atomic mass is 10.0. The van der Waals surface area contributed by atoms with Gasteiger partial charge in [0.2, 0.25) is 0 Å². The second-order valence-corrected chi connectivity index (χ2v) is 14.6. The summed E-state index contributed by atoms with van der Waals surface area (Å²) >= 11 is 0. The number of para-hydroxylation sites is 2. The maximum absolute atomic E-state index is 6.67. The lowest BCUT2D eigenvalue weighted by molar-refractivity contribution is 0.670. The Morgan fingerprint density at radius 1 is 0.321 bits per heavy atom. The van der Waals surface area contributed by atoms with Crippen LogP contribution in [0.2, 0.25) is 0 Å². The minimum atomic E-state index is 0.894. The molecule has 3 heteroatoms. The zero-order valence-corrected chi connectivity index (χ0v) is 31.2. The number of nitrogens with zero attached hydrogens (tertiary/aromatic N) is 2. The van der Waals surface area contributed by atoms with Crippen LogP contribution in [0.1, 0.15) is 33.4 Å². The highest BCUT2D eigenvalue weighted by Crippen LogP contribution is 2.42. The van der Waals surface area contributed by atoms with E-state index in [1.165, 1.54) is 44.2 Å². The normalized spacial score (nSPS) is 11.6. The van der Waals surface area contributed by atoms with Gasteiger partial charge in [-0.25, -0.2) is 0 Å². The molecule has 0 N–H and O–H groups in total. The first-order valence-electron chi connectivity index (χ1n) is 18.4. The van der Waals surface area contributed by atoms with Gasteiger partial charge in [-0.15, -0.1) is 0 Å². The Morgan fingerprint density at radius 3 is 1.08 bits per heavy atom. The monoisotopic (exact) mass is 686 g/mol. The van der Waals surface area contributed by atoms with Gasteiger partial charge >= 0.3 is 0 Å². The van der Waals surface area contributed by atoms with Crippen molar-refractivity contribution in [3.05, 3.63) is 179 Å².